The van der Waals surface area contributed by atoms with E-state index in [1.807, 2.05) is 0 Å². The molecule has 0 saturated heterocycles. The molecule has 0 aliphatic carbocycles. The Morgan fingerprint density at radius 3 is 2.56 bits per heavy atom. The number of para-hydroxylation sites is 1. The van der Waals surface area contributed by atoms with Crippen molar-refractivity contribution in [2.45, 2.75) is 17.4 Å². The third-order valence-electron chi connectivity index (χ3n) is 3.24. The van der Waals surface area contributed by atoms with Crippen molar-refractivity contribution in [1.82, 2.24) is 9.97 Å². The summed E-state index contributed by atoms with van der Waals surface area (Å²) in [6.45, 7) is 0. The fourth-order valence-electron chi connectivity index (χ4n) is 2.12. The number of thioether (sulfide) groups is 1. The van der Waals surface area contributed by atoms with E-state index < -0.39 is 34.8 Å². The maximum Gasteiger partial charge on any atom is 0.507 e. The number of alkyl halides is 4. The second-order valence-corrected chi connectivity index (χ2v) is 5.58. The SMILES string of the molecule is CSc1nc(-c2cccc3c2OC(F)(F)C(F)(F)O3)c(C#N)c(=O)[nH]1. The standard InChI is InChI=1S/C14H7F4N3O3S/c1-25-12-20-9(7(5-19)11(22)21-12)6-3-2-4-8-10(6)24-14(17,18)13(15,16)23-8/h2-4H,1H3,(H,20,21,22). The molecule has 3 rings (SSSR count). The largest absolute Gasteiger partial charge is 0.507 e. The minimum Gasteiger partial charge on any atom is -0.421 e. The van der Waals surface area contributed by atoms with Crippen molar-refractivity contribution in [1.29, 1.82) is 5.26 Å². The molecule has 0 fully saturated rings. The van der Waals surface area contributed by atoms with E-state index in [2.05, 4.69) is 19.4 Å². The van der Waals surface area contributed by atoms with Crippen LogP contribution in [0.25, 0.3) is 11.3 Å². The van der Waals surface area contributed by atoms with Crippen LogP contribution in [0.1, 0.15) is 5.56 Å². The Labute approximate surface area is 141 Å². The van der Waals surface area contributed by atoms with E-state index in [1.54, 1.807) is 12.3 Å². The number of benzene rings is 1. The first-order valence-electron chi connectivity index (χ1n) is 6.55. The van der Waals surface area contributed by atoms with Crippen LogP contribution < -0.4 is 15.0 Å². The van der Waals surface area contributed by atoms with Crippen molar-refractivity contribution >= 4 is 11.8 Å². The van der Waals surface area contributed by atoms with E-state index in [0.717, 1.165) is 17.8 Å². The van der Waals surface area contributed by atoms with Gasteiger partial charge in [0.15, 0.2) is 16.7 Å². The van der Waals surface area contributed by atoms with Gasteiger partial charge in [-0.3, -0.25) is 4.79 Å². The maximum atomic E-state index is 13.5. The molecule has 1 aromatic heterocycles. The number of H-pyrrole nitrogens is 1. The Hall–Kier alpha value is -2.74. The number of aromatic nitrogens is 2. The highest BCUT2D eigenvalue weighted by Gasteiger charge is 2.66. The number of aromatic amines is 1. The van der Waals surface area contributed by atoms with Gasteiger partial charge in [0.2, 0.25) is 0 Å². The van der Waals surface area contributed by atoms with Gasteiger partial charge in [0.25, 0.3) is 5.56 Å². The summed E-state index contributed by atoms with van der Waals surface area (Å²) in [4.78, 5) is 18.3. The van der Waals surface area contributed by atoms with Crippen LogP contribution in [0, 0.1) is 11.3 Å². The topological polar surface area (TPSA) is 88.0 Å². The monoisotopic (exact) mass is 373 g/mol. The molecule has 1 aromatic carbocycles. The minimum atomic E-state index is -4.94. The molecule has 1 N–H and O–H groups in total. The Morgan fingerprint density at radius 1 is 1.24 bits per heavy atom. The minimum absolute atomic E-state index is 0.102. The van der Waals surface area contributed by atoms with Crippen LogP contribution in [-0.2, 0) is 0 Å². The maximum absolute atomic E-state index is 13.5. The predicted octanol–water partition coefficient (Wildman–Crippen LogP) is 2.99. The summed E-state index contributed by atoms with van der Waals surface area (Å²) in [6.07, 6.45) is -8.22. The van der Waals surface area contributed by atoms with Crippen LogP contribution in [0.2, 0.25) is 0 Å². The van der Waals surface area contributed by atoms with E-state index >= 15 is 0 Å². The molecule has 0 amide bonds. The molecule has 2 aromatic rings. The van der Waals surface area contributed by atoms with Crippen LogP contribution in [0.3, 0.4) is 0 Å². The zero-order chi connectivity index (χ0) is 18.4. The highest BCUT2D eigenvalue weighted by molar-refractivity contribution is 7.98. The predicted molar refractivity (Wildman–Crippen MR) is 77.9 cm³/mol. The second kappa shape index (κ2) is 5.66. The fraction of sp³-hybridized carbons (Fsp3) is 0.214. The van der Waals surface area contributed by atoms with E-state index in [4.69, 9.17) is 5.26 Å². The van der Waals surface area contributed by atoms with Gasteiger partial charge in [0.05, 0.1) is 0 Å². The summed E-state index contributed by atoms with van der Waals surface area (Å²) in [5.41, 5.74) is -1.80. The summed E-state index contributed by atoms with van der Waals surface area (Å²) >= 11 is 1.03. The first-order valence-corrected chi connectivity index (χ1v) is 7.78. The average Bonchev–Trinajstić information content (AvgIpc) is 2.54. The number of nitrogens with zero attached hydrogens (tertiary/aromatic N) is 2. The lowest BCUT2D eigenvalue weighted by Gasteiger charge is -2.32. The van der Waals surface area contributed by atoms with Gasteiger partial charge in [-0.25, -0.2) is 4.98 Å². The molecule has 0 radical (unpaired) electrons. The van der Waals surface area contributed by atoms with Crippen LogP contribution in [0.4, 0.5) is 17.6 Å². The third kappa shape index (κ3) is 2.68. The third-order valence-corrected chi connectivity index (χ3v) is 3.82. The Morgan fingerprint density at radius 2 is 1.92 bits per heavy atom. The highest BCUT2D eigenvalue weighted by Crippen LogP contribution is 2.50. The molecule has 0 spiro atoms. The van der Waals surface area contributed by atoms with Crippen LogP contribution in [0.5, 0.6) is 11.5 Å². The van der Waals surface area contributed by atoms with E-state index in [9.17, 15) is 22.4 Å². The Kier molecular flexibility index (Phi) is 3.87. The van der Waals surface area contributed by atoms with Crippen molar-refractivity contribution in [3.63, 3.8) is 0 Å². The number of hydrogen-bond donors (Lipinski definition) is 1. The van der Waals surface area contributed by atoms with Gasteiger partial charge in [-0.15, -0.1) is 0 Å². The lowest BCUT2D eigenvalue weighted by Crippen LogP contribution is -2.52. The van der Waals surface area contributed by atoms with Gasteiger partial charge in [-0.2, -0.15) is 22.8 Å². The molecule has 130 valence electrons. The summed E-state index contributed by atoms with van der Waals surface area (Å²) in [5, 5.41) is 9.26. The zero-order valence-corrected chi connectivity index (χ0v) is 13.1. The molecule has 0 saturated carbocycles. The average molecular weight is 373 g/mol. The summed E-state index contributed by atoms with van der Waals surface area (Å²) in [5.74, 6) is -1.40. The Bertz CT molecular complexity index is 955. The first kappa shape index (κ1) is 17.1. The van der Waals surface area contributed by atoms with Gasteiger partial charge in [0.1, 0.15) is 17.3 Å². The molecule has 11 heteroatoms. The van der Waals surface area contributed by atoms with Gasteiger partial charge < -0.3 is 14.5 Å². The van der Waals surface area contributed by atoms with E-state index in [1.165, 1.54) is 12.1 Å². The molecule has 0 atom stereocenters. The molecular weight excluding hydrogens is 366 g/mol. The lowest BCUT2D eigenvalue weighted by molar-refractivity contribution is -0.391. The number of hydrogen-bond acceptors (Lipinski definition) is 6. The van der Waals surface area contributed by atoms with Crippen molar-refractivity contribution in [2.75, 3.05) is 6.26 Å². The molecule has 2 heterocycles. The van der Waals surface area contributed by atoms with Crippen molar-refractivity contribution in [3.8, 4) is 28.8 Å². The first-order chi connectivity index (χ1) is 11.7. The lowest BCUT2D eigenvalue weighted by atomic mass is 10.1. The molecule has 0 bridgehead atoms. The van der Waals surface area contributed by atoms with Gasteiger partial charge in [-0.1, -0.05) is 17.8 Å². The molecular formula is C14H7F4N3O3S. The molecule has 0 unspecified atom stereocenters. The van der Waals surface area contributed by atoms with Gasteiger partial charge >= 0.3 is 12.2 Å². The number of fused-ring (bicyclic) bond motifs is 1. The number of ether oxygens (including phenoxy) is 2. The molecule has 6 nitrogen and oxygen atoms in total. The van der Waals surface area contributed by atoms with Crippen LogP contribution >= 0.6 is 11.8 Å². The summed E-state index contributed by atoms with van der Waals surface area (Å²) in [6, 6.07) is 5.03. The zero-order valence-electron chi connectivity index (χ0n) is 12.3. The van der Waals surface area contributed by atoms with Gasteiger partial charge in [-0.05, 0) is 18.4 Å². The van der Waals surface area contributed by atoms with Crippen molar-refractivity contribution in [3.05, 3.63) is 34.1 Å². The quantitative estimate of drug-likeness (QED) is 0.495. The smallest absolute Gasteiger partial charge is 0.421 e. The van der Waals surface area contributed by atoms with Crippen LogP contribution in [-0.4, -0.2) is 28.4 Å². The summed E-state index contributed by atoms with van der Waals surface area (Å²) in [7, 11) is 0. The molecule has 1 aliphatic rings. The number of rotatable bonds is 2. The molecule has 1 aliphatic heterocycles. The fourth-order valence-corrected chi connectivity index (χ4v) is 2.50. The van der Waals surface area contributed by atoms with E-state index in [0.29, 0.717) is 0 Å². The van der Waals surface area contributed by atoms with Gasteiger partial charge in [0, 0.05) is 5.56 Å². The normalized spacial score (nSPS) is 17.0. The Balaban J connectivity index is 2.28. The second-order valence-electron chi connectivity index (χ2n) is 4.78. The highest BCUT2D eigenvalue weighted by atomic mass is 32.2. The number of nitrogens with one attached hydrogen (secondary N) is 1. The molecule has 25 heavy (non-hydrogen) atoms. The van der Waals surface area contributed by atoms with Crippen molar-refractivity contribution < 1.29 is 27.0 Å². The number of halogens is 4. The number of nitriles is 1. The van der Waals surface area contributed by atoms with Crippen LogP contribution in [0.15, 0.2) is 28.2 Å². The van der Waals surface area contributed by atoms with Crippen molar-refractivity contribution in [2.24, 2.45) is 0 Å². The van der Waals surface area contributed by atoms with E-state index in [-0.39, 0.29) is 16.4 Å². The summed E-state index contributed by atoms with van der Waals surface area (Å²) < 4.78 is 61.8.